The molecule has 1 N–H and O–H groups in total. The van der Waals surface area contributed by atoms with Crippen molar-refractivity contribution in [3.05, 3.63) is 70.5 Å². The van der Waals surface area contributed by atoms with E-state index >= 15 is 0 Å². The summed E-state index contributed by atoms with van der Waals surface area (Å²) >= 11 is 3.46. The van der Waals surface area contributed by atoms with E-state index in [2.05, 4.69) is 44.4 Å². The van der Waals surface area contributed by atoms with Crippen LogP contribution in [-0.4, -0.2) is 18.6 Å². The molecule has 0 radical (unpaired) electrons. The van der Waals surface area contributed by atoms with Gasteiger partial charge in [-0.3, -0.25) is 4.98 Å². The average Bonchev–Trinajstić information content (AvgIpc) is 2.42. The molecule has 0 saturated heterocycles. The summed E-state index contributed by atoms with van der Waals surface area (Å²) in [5.74, 6) is 0. The Labute approximate surface area is 116 Å². The number of hydrogen-bond donors (Lipinski definition) is 1. The van der Waals surface area contributed by atoms with E-state index in [1.54, 1.807) is 0 Å². The van der Waals surface area contributed by atoms with E-state index in [4.69, 9.17) is 0 Å². The lowest BCUT2D eigenvalue weighted by atomic mass is 10.0. The van der Waals surface area contributed by atoms with E-state index in [9.17, 15) is 0 Å². The lowest BCUT2D eigenvalue weighted by molar-refractivity contribution is 0.920. The van der Waals surface area contributed by atoms with Gasteiger partial charge < -0.3 is 5.32 Å². The van der Waals surface area contributed by atoms with Gasteiger partial charge in [-0.25, -0.2) is 0 Å². The maximum atomic E-state index is 4.42. The number of nitrogens with one attached hydrogen (secondary N) is 1. The van der Waals surface area contributed by atoms with Crippen molar-refractivity contribution < 1.29 is 0 Å². The smallest absolute Gasteiger partial charge is 0.0705 e. The first kappa shape index (κ1) is 13.0. The summed E-state index contributed by atoms with van der Waals surface area (Å²) in [5.41, 5.74) is 3.32. The minimum Gasteiger partial charge on any atom is -0.316 e. The minimum atomic E-state index is 0.821. The van der Waals surface area contributed by atoms with Gasteiger partial charge in [-0.05, 0) is 36.9 Å². The van der Waals surface area contributed by atoms with Crippen LogP contribution in [-0.2, 0) is 0 Å². The normalized spacial score (nSPS) is 11.6. The van der Waals surface area contributed by atoms with Crippen molar-refractivity contribution in [3.8, 4) is 0 Å². The van der Waals surface area contributed by atoms with Crippen LogP contribution in [0.5, 0.6) is 0 Å². The van der Waals surface area contributed by atoms with Gasteiger partial charge in [0.15, 0.2) is 0 Å². The number of halogens is 1. The van der Waals surface area contributed by atoms with Crippen LogP contribution in [0.2, 0.25) is 0 Å². The molecule has 0 saturated carbocycles. The molecule has 0 aliphatic rings. The molecule has 0 fully saturated rings. The fraction of sp³-hybridized carbons (Fsp3) is 0.133. The van der Waals surface area contributed by atoms with Crippen molar-refractivity contribution in [2.75, 3.05) is 13.6 Å². The van der Waals surface area contributed by atoms with Crippen molar-refractivity contribution in [2.45, 2.75) is 0 Å². The number of pyridine rings is 1. The van der Waals surface area contributed by atoms with Gasteiger partial charge in [-0.15, -0.1) is 0 Å². The molecule has 1 aromatic carbocycles. The second kappa shape index (κ2) is 6.47. The second-order valence-electron chi connectivity index (χ2n) is 3.90. The number of nitrogens with zero attached hydrogens (tertiary/aromatic N) is 1. The van der Waals surface area contributed by atoms with E-state index in [1.165, 1.54) is 5.56 Å². The molecule has 2 aromatic rings. The topological polar surface area (TPSA) is 24.9 Å². The summed E-state index contributed by atoms with van der Waals surface area (Å²) in [6, 6.07) is 14.3. The van der Waals surface area contributed by atoms with E-state index < -0.39 is 0 Å². The maximum absolute atomic E-state index is 4.42. The molecule has 18 heavy (non-hydrogen) atoms. The average molecular weight is 303 g/mol. The van der Waals surface area contributed by atoms with Gasteiger partial charge in [-0.1, -0.05) is 40.2 Å². The van der Waals surface area contributed by atoms with Crippen LogP contribution < -0.4 is 5.32 Å². The third-order valence-electron chi connectivity index (χ3n) is 2.61. The molecule has 0 spiro atoms. The van der Waals surface area contributed by atoms with Crippen LogP contribution in [0.3, 0.4) is 0 Å². The Morgan fingerprint density at radius 3 is 2.61 bits per heavy atom. The van der Waals surface area contributed by atoms with Gasteiger partial charge in [0.1, 0.15) is 0 Å². The van der Waals surface area contributed by atoms with Crippen molar-refractivity contribution in [3.63, 3.8) is 0 Å². The zero-order valence-corrected chi connectivity index (χ0v) is 11.8. The quantitative estimate of drug-likeness (QED) is 0.935. The summed E-state index contributed by atoms with van der Waals surface area (Å²) in [6.45, 7) is 0.821. The molecule has 2 nitrogen and oxygen atoms in total. The molecule has 0 unspecified atom stereocenters. The first-order valence-electron chi connectivity index (χ1n) is 5.83. The predicted molar refractivity (Wildman–Crippen MR) is 79.4 cm³/mol. The molecule has 0 bridgehead atoms. The number of likely N-dealkylation sites (N-methyl/N-ethyl adjacent to an activating group) is 1. The van der Waals surface area contributed by atoms with Gasteiger partial charge in [0.25, 0.3) is 0 Å². The molecule has 1 aromatic heterocycles. The number of aromatic nitrogens is 1. The van der Waals surface area contributed by atoms with E-state index in [1.807, 2.05) is 43.6 Å². The Kier molecular flexibility index (Phi) is 4.67. The summed E-state index contributed by atoms with van der Waals surface area (Å²) in [4.78, 5) is 4.42. The third-order valence-corrected chi connectivity index (χ3v) is 3.14. The molecule has 0 amide bonds. The molecule has 92 valence electrons. The summed E-state index contributed by atoms with van der Waals surface area (Å²) in [6.07, 6.45) is 3.98. The summed E-state index contributed by atoms with van der Waals surface area (Å²) < 4.78 is 1.08. The van der Waals surface area contributed by atoms with E-state index in [0.29, 0.717) is 0 Å². The number of benzene rings is 1. The number of hydrogen-bond acceptors (Lipinski definition) is 2. The summed E-state index contributed by atoms with van der Waals surface area (Å²) in [7, 11) is 1.94. The standard InChI is InChI=1S/C15H15BrN2/c1-17-11-9-14(15-4-2-3-10-18-15)12-5-7-13(16)8-6-12/h2-10,17H,11H2,1H3. The molecule has 3 heteroatoms. The second-order valence-corrected chi connectivity index (χ2v) is 4.81. The molecular formula is C15H15BrN2. The highest BCUT2D eigenvalue weighted by Crippen LogP contribution is 2.23. The zero-order chi connectivity index (χ0) is 12.8. The zero-order valence-electron chi connectivity index (χ0n) is 10.2. The third kappa shape index (κ3) is 3.28. The monoisotopic (exact) mass is 302 g/mol. The Morgan fingerprint density at radius 1 is 1.22 bits per heavy atom. The Hall–Kier alpha value is -1.45. The largest absolute Gasteiger partial charge is 0.316 e. The molecule has 0 aliphatic carbocycles. The summed E-state index contributed by atoms with van der Waals surface area (Å²) in [5, 5.41) is 3.14. The van der Waals surface area contributed by atoms with Gasteiger partial charge in [0.05, 0.1) is 5.69 Å². The van der Waals surface area contributed by atoms with Crippen LogP contribution >= 0.6 is 15.9 Å². The lowest BCUT2D eigenvalue weighted by Crippen LogP contribution is -2.05. The highest BCUT2D eigenvalue weighted by Gasteiger charge is 2.05. The van der Waals surface area contributed by atoms with Gasteiger partial charge in [0, 0.05) is 22.8 Å². The van der Waals surface area contributed by atoms with E-state index in [-0.39, 0.29) is 0 Å². The fourth-order valence-corrected chi connectivity index (χ4v) is 1.99. The SMILES string of the molecule is CNCC=C(c1ccc(Br)cc1)c1ccccn1. The first-order chi connectivity index (χ1) is 8.81. The van der Waals surface area contributed by atoms with Crippen LogP contribution in [0.4, 0.5) is 0 Å². The lowest BCUT2D eigenvalue weighted by Gasteiger charge is -2.08. The Balaban J connectivity index is 2.40. The molecular weight excluding hydrogens is 288 g/mol. The van der Waals surface area contributed by atoms with Crippen LogP contribution in [0.25, 0.3) is 5.57 Å². The number of rotatable bonds is 4. The molecule has 0 aliphatic heterocycles. The molecule has 2 rings (SSSR count). The van der Waals surface area contributed by atoms with Crippen LogP contribution in [0.15, 0.2) is 59.2 Å². The predicted octanol–water partition coefficient (Wildman–Crippen LogP) is 3.50. The fourth-order valence-electron chi connectivity index (χ4n) is 1.73. The highest BCUT2D eigenvalue weighted by molar-refractivity contribution is 9.10. The van der Waals surface area contributed by atoms with Crippen molar-refractivity contribution in [2.24, 2.45) is 0 Å². The Morgan fingerprint density at radius 2 is 2.00 bits per heavy atom. The first-order valence-corrected chi connectivity index (χ1v) is 6.62. The highest BCUT2D eigenvalue weighted by atomic mass is 79.9. The van der Waals surface area contributed by atoms with Crippen molar-refractivity contribution >= 4 is 21.5 Å². The Bertz CT molecular complexity index is 518. The molecule has 1 heterocycles. The van der Waals surface area contributed by atoms with Gasteiger partial charge in [-0.2, -0.15) is 0 Å². The maximum Gasteiger partial charge on any atom is 0.0705 e. The van der Waals surface area contributed by atoms with Crippen molar-refractivity contribution in [1.29, 1.82) is 0 Å². The van der Waals surface area contributed by atoms with Crippen molar-refractivity contribution in [1.82, 2.24) is 10.3 Å². The van der Waals surface area contributed by atoms with Crippen LogP contribution in [0.1, 0.15) is 11.3 Å². The van der Waals surface area contributed by atoms with Gasteiger partial charge >= 0.3 is 0 Å². The van der Waals surface area contributed by atoms with Crippen LogP contribution in [0, 0.1) is 0 Å². The molecule has 0 atom stereocenters. The van der Waals surface area contributed by atoms with Gasteiger partial charge in [0.2, 0.25) is 0 Å². The minimum absolute atomic E-state index is 0.821. The van der Waals surface area contributed by atoms with E-state index in [0.717, 1.165) is 22.3 Å².